The maximum absolute atomic E-state index is 15.6. The van der Waals surface area contributed by atoms with Gasteiger partial charge in [-0.2, -0.15) is 5.10 Å². The summed E-state index contributed by atoms with van der Waals surface area (Å²) in [5, 5.41) is 12.3. The Balaban J connectivity index is 1.51. The third kappa shape index (κ3) is 9.72. The van der Waals surface area contributed by atoms with E-state index in [2.05, 4.69) is 25.9 Å². The maximum Gasteiger partial charge on any atom is 0.270 e. The van der Waals surface area contributed by atoms with Gasteiger partial charge in [-0.3, -0.25) is 23.9 Å². The highest BCUT2D eigenvalue weighted by molar-refractivity contribution is 6.01. The van der Waals surface area contributed by atoms with E-state index in [0.29, 0.717) is 30.9 Å². The van der Waals surface area contributed by atoms with Crippen LogP contribution < -0.4 is 16.0 Å². The molecule has 262 valence electrons. The molecule has 2 aliphatic rings. The molecule has 0 radical (unpaired) electrons. The van der Waals surface area contributed by atoms with E-state index in [1.807, 2.05) is 14.0 Å². The van der Waals surface area contributed by atoms with Crippen molar-refractivity contribution in [1.29, 1.82) is 0 Å². The first kappa shape index (κ1) is 36.7. The minimum Gasteiger partial charge on any atom is -0.373 e. The highest BCUT2D eigenvalue weighted by Crippen LogP contribution is 2.26. The third-order valence-electron chi connectivity index (χ3n) is 9.06. The second kappa shape index (κ2) is 17.3. The van der Waals surface area contributed by atoms with Crippen LogP contribution in [0.5, 0.6) is 0 Å². The van der Waals surface area contributed by atoms with Crippen LogP contribution >= 0.6 is 0 Å². The van der Waals surface area contributed by atoms with E-state index >= 15 is 4.39 Å². The zero-order valence-electron chi connectivity index (χ0n) is 28.8. The molecule has 2 aromatic rings. The minimum absolute atomic E-state index is 0.0252. The van der Waals surface area contributed by atoms with E-state index in [-0.39, 0.29) is 35.7 Å². The number of aromatic nitrogens is 2. The monoisotopic (exact) mass is 667 g/mol. The van der Waals surface area contributed by atoms with Crippen molar-refractivity contribution in [3.05, 3.63) is 59.3 Å². The van der Waals surface area contributed by atoms with E-state index in [1.165, 1.54) is 23.0 Å². The van der Waals surface area contributed by atoms with Crippen LogP contribution in [-0.2, 0) is 25.7 Å². The lowest BCUT2D eigenvalue weighted by molar-refractivity contribution is -0.131. The average molecular weight is 668 g/mol. The number of nitrogens with zero attached hydrogens (tertiary/aromatic N) is 4. The fraction of sp³-hybridized carbons (Fsp3) is 0.571. The molecule has 3 atom stereocenters. The van der Waals surface area contributed by atoms with E-state index in [9.17, 15) is 19.2 Å². The van der Waals surface area contributed by atoms with Crippen molar-refractivity contribution in [3.63, 3.8) is 0 Å². The van der Waals surface area contributed by atoms with Crippen molar-refractivity contribution in [1.82, 2.24) is 30.2 Å². The third-order valence-corrected chi connectivity index (χ3v) is 9.06. The second-order valence-electron chi connectivity index (χ2n) is 12.7. The van der Waals surface area contributed by atoms with Crippen molar-refractivity contribution in [2.24, 2.45) is 0 Å². The summed E-state index contributed by atoms with van der Waals surface area (Å²) in [7, 11) is 1.99. The van der Waals surface area contributed by atoms with Crippen molar-refractivity contribution in [3.8, 4) is 0 Å². The van der Waals surface area contributed by atoms with Crippen molar-refractivity contribution >= 4 is 29.3 Å². The standard InChI is InChI=1S/C35H50FN7O5/c1-6-31(44)38-29(35(47)42-19-17-41(5)18-20-42)21-23(3)25-13-14-28(27(36)22-25)39-34(46)32(24(4)48-26-11-9-8-10-12-26)40-33(45)30-15-16-37-43(30)7-2/h13-16,21-24,26,32H,6-12,17-20H2,1-5H3,(H,38,44)(H,39,46)(H,40,45)/t23-,24-,32+/m1/s1. The molecular formula is C35H50FN7O5. The van der Waals surface area contributed by atoms with Crippen LogP contribution in [0.2, 0.25) is 0 Å². The fourth-order valence-corrected chi connectivity index (χ4v) is 6.03. The Hall–Kier alpha value is -4.10. The van der Waals surface area contributed by atoms with Gasteiger partial charge in [-0.05, 0) is 63.6 Å². The predicted molar refractivity (Wildman–Crippen MR) is 181 cm³/mol. The lowest BCUT2D eigenvalue weighted by Gasteiger charge is -2.33. The van der Waals surface area contributed by atoms with Gasteiger partial charge < -0.3 is 30.5 Å². The number of carbonyl (C=O) groups is 4. The van der Waals surface area contributed by atoms with Gasteiger partial charge in [-0.1, -0.05) is 39.2 Å². The Bertz CT molecular complexity index is 1460. The number of carbonyl (C=O) groups excluding carboxylic acids is 4. The topological polar surface area (TPSA) is 138 Å². The van der Waals surface area contributed by atoms with Crippen LogP contribution in [0.25, 0.3) is 0 Å². The number of rotatable bonds is 13. The zero-order chi connectivity index (χ0) is 34.8. The summed E-state index contributed by atoms with van der Waals surface area (Å²) in [4.78, 5) is 56.4. The van der Waals surface area contributed by atoms with Crippen molar-refractivity contribution < 1.29 is 28.3 Å². The summed E-state index contributed by atoms with van der Waals surface area (Å²) in [6.07, 6.45) is 7.63. The number of ether oxygens (including phenoxy) is 1. The Morgan fingerprint density at radius 3 is 2.40 bits per heavy atom. The van der Waals surface area contributed by atoms with Gasteiger partial charge >= 0.3 is 0 Å². The Morgan fingerprint density at radius 2 is 1.75 bits per heavy atom. The molecule has 1 saturated heterocycles. The summed E-state index contributed by atoms with van der Waals surface area (Å²) >= 11 is 0. The Kier molecular flexibility index (Phi) is 13.3. The van der Waals surface area contributed by atoms with Gasteiger partial charge in [-0.25, -0.2) is 4.39 Å². The predicted octanol–water partition coefficient (Wildman–Crippen LogP) is 3.80. The molecule has 1 aliphatic heterocycles. The molecule has 48 heavy (non-hydrogen) atoms. The molecule has 4 rings (SSSR count). The molecule has 1 saturated carbocycles. The number of hydrogen-bond acceptors (Lipinski definition) is 7. The summed E-state index contributed by atoms with van der Waals surface area (Å²) in [5.41, 5.74) is 0.951. The summed E-state index contributed by atoms with van der Waals surface area (Å²) < 4.78 is 23.3. The number of benzene rings is 1. The van der Waals surface area contributed by atoms with Gasteiger partial charge in [0.1, 0.15) is 23.3 Å². The number of halogens is 1. The number of piperazine rings is 1. The van der Waals surface area contributed by atoms with Crippen molar-refractivity contribution in [2.75, 3.05) is 38.5 Å². The van der Waals surface area contributed by atoms with Crippen LogP contribution in [0, 0.1) is 5.82 Å². The number of nitrogens with one attached hydrogen (secondary N) is 3. The molecule has 0 unspecified atom stereocenters. The number of amides is 4. The smallest absolute Gasteiger partial charge is 0.270 e. The molecule has 1 aromatic heterocycles. The van der Waals surface area contributed by atoms with E-state index < -0.39 is 35.7 Å². The number of aryl methyl sites for hydroxylation is 1. The molecule has 12 nitrogen and oxygen atoms in total. The SMILES string of the molecule is CCC(=O)NC(=C[C@@H](C)c1ccc(NC(=O)[C@@H](NC(=O)c2ccnn2CC)[C@@H](C)OC2CCCCC2)c(F)c1)C(=O)N1CCN(C)CC1. The normalized spacial score (nSPS) is 18.1. The van der Waals surface area contributed by atoms with Gasteiger partial charge in [0, 0.05) is 51.3 Å². The second-order valence-corrected chi connectivity index (χ2v) is 12.7. The van der Waals surface area contributed by atoms with Crippen molar-refractivity contribution in [2.45, 2.75) is 96.9 Å². The molecule has 13 heteroatoms. The summed E-state index contributed by atoms with van der Waals surface area (Å²) in [6.45, 7) is 10.1. The molecule has 2 fully saturated rings. The first-order chi connectivity index (χ1) is 23.0. The zero-order valence-corrected chi connectivity index (χ0v) is 28.8. The van der Waals surface area contributed by atoms with E-state index in [0.717, 1.165) is 45.2 Å². The number of allylic oxidation sites excluding steroid dienone is 1. The van der Waals surface area contributed by atoms with Gasteiger partial charge in [0.25, 0.3) is 11.8 Å². The number of likely N-dealkylation sites (N-methyl/N-ethyl adjacent to an activating group) is 1. The lowest BCUT2D eigenvalue weighted by Crippen LogP contribution is -2.52. The molecule has 1 aliphatic carbocycles. The fourth-order valence-electron chi connectivity index (χ4n) is 6.03. The van der Waals surface area contributed by atoms with Gasteiger partial charge in [0.2, 0.25) is 11.8 Å². The summed E-state index contributed by atoms with van der Waals surface area (Å²) in [5.74, 6) is -2.78. The Morgan fingerprint density at radius 1 is 1.04 bits per heavy atom. The van der Waals surface area contributed by atoms with E-state index in [1.54, 1.807) is 43.9 Å². The minimum atomic E-state index is -1.11. The highest BCUT2D eigenvalue weighted by Gasteiger charge is 2.32. The molecule has 0 spiro atoms. The summed E-state index contributed by atoms with van der Waals surface area (Å²) in [6, 6.07) is 4.88. The van der Waals surface area contributed by atoms with E-state index in [4.69, 9.17) is 4.74 Å². The largest absolute Gasteiger partial charge is 0.373 e. The highest BCUT2D eigenvalue weighted by atomic mass is 19.1. The Labute approximate surface area is 282 Å². The first-order valence-electron chi connectivity index (χ1n) is 17.1. The first-order valence-corrected chi connectivity index (χ1v) is 17.1. The quantitative estimate of drug-likeness (QED) is 0.277. The number of hydrogen-bond donors (Lipinski definition) is 3. The van der Waals surface area contributed by atoms with Crippen LogP contribution in [0.15, 0.2) is 42.2 Å². The van der Waals surface area contributed by atoms with Gasteiger partial charge in [-0.15, -0.1) is 0 Å². The molecule has 1 aromatic carbocycles. The van der Waals surface area contributed by atoms with Gasteiger partial charge in [0.05, 0.1) is 17.9 Å². The van der Waals surface area contributed by atoms with Crippen LogP contribution in [-0.4, -0.2) is 94.7 Å². The number of anilines is 1. The van der Waals surface area contributed by atoms with Crippen LogP contribution in [0.1, 0.15) is 88.2 Å². The van der Waals surface area contributed by atoms with Crippen LogP contribution in [0.3, 0.4) is 0 Å². The molecule has 4 amide bonds. The average Bonchev–Trinajstić information content (AvgIpc) is 3.57. The molecule has 3 N–H and O–H groups in total. The van der Waals surface area contributed by atoms with Gasteiger partial charge in [0.15, 0.2) is 0 Å². The lowest BCUT2D eigenvalue weighted by atomic mass is 9.97. The molecule has 0 bridgehead atoms. The van der Waals surface area contributed by atoms with Crippen LogP contribution in [0.4, 0.5) is 10.1 Å². The molecule has 2 heterocycles. The molecular weight excluding hydrogens is 617 g/mol. The maximum atomic E-state index is 15.6.